The van der Waals surface area contributed by atoms with Crippen LogP contribution in [-0.2, 0) is 37.6 Å². The molecule has 11 rings (SSSR count). The van der Waals surface area contributed by atoms with Crippen molar-refractivity contribution in [2.45, 2.75) is 220 Å². The van der Waals surface area contributed by atoms with Gasteiger partial charge in [0.1, 0.15) is 17.3 Å². The van der Waals surface area contributed by atoms with Crippen molar-refractivity contribution < 1.29 is 30.8 Å². The Kier molecular flexibility index (Phi) is 21.9. The number of rotatable bonds is 11. The minimum absolute atomic E-state index is 0. The summed E-state index contributed by atoms with van der Waals surface area (Å²) in [6, 6.07) is 21.3. The molecule has 0 saturated carbocycles. The van der Waals surface area contributed by atoms with Crippen LogP contribution >= 0.6 is 0 Å². The monoisotopic (exact) mass is 1230 g/mol. The fourth-order valence-corrected chi connectivity index (χ4v) is 15.7. The van der Waals surface area contributed by atoms with Gasteiger partial charge in [-0.3, -0.25) is 19.1 Å². The molecule has 3 spiro atoms. The molecule has 89 heavy (non-hydrogen) atoms. The molecule has 4 fully saturated rings. The molecule has 14 heteroatoms. The minimum atomic E-state index is -0.162. The molecule has 4 aliphatic heterocycles. The molecule has 2 N–H and O–H groups in total. The van der Waals surface area contributed by atoms with Crippen molar-refractivity contribution in [3.8, 4) is 0 Å². The highest BCUT2D eigenvalue weighted by molar-refractivity contribution is 5.92. The molecule has 0 radical (unpaired) electrons. The third-order valence-electron chi connectivity index (χ3n) is 22.0. The molecular weight excluding hydrogens is 1110 g/mol. The van der Waals surface area contributed by atoms with E-state index in [0.29, 0.717) is 35.2 Å². The molecule has 4 saturated heterocycles. The number of amides is 3. The van der Waals surface area contributed by atoms with E-state index < -0.39 is 0 Å². The number of carbonyl (C=O) groups excluding carboxylic acids is 3. The lowest BCUT2D eigenvalue weighted by atomic mass is 9.63. The lowest BCUT2D eigenvalue weighted by Crippen LogP contribution is -2.47. The molecule has 3 aliphatic carbocycles. The van der Waals surface area contributed by atoms with Crippen LogP contribution in [0.3, 0.4) is 0 Å². The topological polar surface area (TPSA) is 115 Å². The van der Waals surface area contributed by atoms with Crippen LogP contribution < -0.4 is 10.6 Å². The summed E-state index contributed by atoms with van der Waals surface area (Å²) in [7, 11) is 3.74. The summed E-state index contributed by atoms with van der Waals surface area (Å²) < 4.78 is 35.6. The molecule has 3 aromatic carbocycles. The van der Waals surface area contributed by atoms with Crippen LogP contribution in [0, 0.1) is 40.7 Å². The molecule has 7 aliphatic rings. The summed E-state index contributed by atoms with van der Waals surface area (Å²) >= 11 is 0. The van der Waals surface area contributed by atoms with Gasteiger partial charge in [-0.25, -0.2) is 8.78 Å². The summed E-state index contributed by atoms with van der Waals surface area (Å²) in [5, 5.41) is 10.9. The number of aryl methyl sites for hydroxylation is 2. The molecule has 12 nitrogen and oxygen atoms in total. The summed E-state index contributed by atoms with van der Waals surface area (Å²) in [5.74, 6) is -0.144. The first-order valence-corrected chi connectivity index (χ1v) is 34.3. The number of carbonyl (C=O) groups is 3. The zero-order chi connectivity index (χ0) is 64.1. The van der Waals surface area contributed by atoms with Gasteiger partial charge in [0, 0.05) is 48.7 Å². The molecular formula is C75H116F2N8O4. The van der Waals surface area contributed by atoms with Crippen molar-refractivity contribution in [2.75, 3.05) is 79.2 Å². The number of benzene rings is 3. The molecule has 494 valence electrons. The van der Waals surface area contributed by atoms with Crippen LogP contribution in [0.4, 0.5) is 8.78 Å². The van der Waals surface area contributed by atoms with Gasteiger partial charge in [0.2, 0.25) is 11.8 Å². The molecule has 4 aromatic rings. The van der Waals surface area contributed by atoms with Gasteiger partial charge < -0.3 is 35.0 Å². The van der Waals surface area contributed by atoms with Crippen LogP contribution in [-0.4, -0.2) is 126 Å². The average Bonchev–Trinajstić information content (AvgIpc) is 1.48. The smallest absolute Gasteiger partial charge is 0.272 e. The first kappa shape index (κ1) is 68.3. The third-order valence-corrected chi connectivity index (χ3v) is 22.0. The van der Waals surface area contributed by atoms with Gasteiger partial charge in [0.25, 0.3) is 5.91 Å². The van der Waals surface area contributed by atoms with E-state index in [1.807, 2.05) is 44.1 Å². The standard InChI is InChI=1S/C26H39FN2O2.C26H38N4O.C23H35FN2O.2H2/c1-25(2,3)10-13-29-14-11-26(12-15-29)9-6-23(21-5-4-20(27)18-22(21)26)28-24(30)19-7-16-31-17-8-19;1-19-18-23(28-29(19)5)24(31)27-22-10-11-26(21-9-7-6-8-20(21)22)13-16-30(17-14-26)15-12-25(2,3)4;1-17(27)25(5)21-8-9-23(20-16-18(24)6-7-19(20)21)11-14-26(15-12-23)13-10-22(2,3)4;;/h4-5,18-19,23H,6-17H2,1-3H3,(H,28,30);6-9,18,22H,10-17H2,1-5H3,(H,27,31);6-7,16,21H,8-15H2,1-5H3;2*1H/t23-;22-;21-;;/m110../s1. The highest BCUT2D eigenvalue weighted by Crippen LogP contribution is 2.52. The fraction of sp³-hybridized carbons (Fsp3) is 0.680. The Morgan fingerprint density at radius 2 is 1.01 bits per heavy atom. The predicted molar refractivity (Wildman–Crippen MR) is 359 cm³/mol. The van der Waals surface area contributed by atoms with Crippen molar-refractivity contribution in [3.05, 3.63) is 123 Å². The Morgan fingerprint density at radius 3 is 1.47 bits per heavy atom. The lowest BCUT2D eigenvalue weighted by molar-refractivity contribution is -0.130. The maximum Gasteiger partial charge on any atom is 0.272 e. The number of ether oxygens (including phenoxy) is 1. The van der Waals surface area contributed by atoms with Crippen LogP contribution in [0.15, 0.2) is 66.7 Å². The van der Waals surface area contributed by atoms with Gasteiger partial charge in [-0.1, -0.05) is 98.7 Å². The number of nitrogens with zero attached hydrogens (tertiary/aromatic N) is 6. The Morgan fingerprint density at radius 1 is 0.584 bits per heavy atom. The molecule has 1 aromatic heterocycles. The van der Waals surface area contributed by atoms with E-state index in [1.165, 1.54) is 62.9 Å². The van der Waals surface area contributed by atoms with Gasteiger partial charge in [-0.2, -0.15) is 5.10 Å². The van der Waals surface area contributed by atoms with Gasteiger partial charge in [0.05, 0.1) is 18.1 Å². The first-order valence-electron chi connectivity index (χ1n) is 34.3. The van der Waals surface area contributed by atoms with Crippen molar-refractivity contribution in [3.63, 3.8) is 0 Å². The maximum atomic E-state index is 14.3. The normalized spacial score (nSPS) is 22.8. The van der Waals surface area contributed by atoms with Gasteiger partial charge in [-0.15, -0.1) is 0 Å². The Balaban J connectivity index is 0.000000192. The zero-order valence-electron chi connectivity index (χ0n) is 57.0. The van der Waals surface area contributed by atoms with Gasteiger partial charge in [-0.05, 0) is 271 Å². The molecule has 0 unspecified atom stereocenters. The molecule has 3 amide bonds. The van der Waals surface area contributed by atoms with E-state index >= 15 is 0 Å². The molecule has 5 heterocycles. The van der Waals surface area contributed by atoms with Gasteiger partial charge >= 0.3 is 0 Å². The number of piperidine rings is 3. The number of aromatic nitrogens is 2. The second-order valence-electron chi connectivity index (χ2n) is 31.9. The van der Waals surface area contributed by atoms with Crippen LogP contribution in [0.5, 0.6) is 0 Å². The van der Waals surface area contributed by atoms with Crippen molar-refractivity contribution >= 4 is 17.7 Å². The van der Waals surface area contributed by atoms with Crippen molar-refractivity contribution in [1.29, 1.82) is 0 Å². The number of likely N-dealkylation sites (tertiary alicyclic amines) is 3. The summed E-state index contributed by atoms with van der Waals surface area (Å²) in [6.45, 7) is 35.8. The number of nitrogens with one attached hydrogen (secondary N) is 2. The zero-order valence-corrected chi connectivity index (χ0v) is 57.0. The average molecular weight is 1230 g/mol. The third kappa shape index (κ3) is 17.2. The van der Waals surface area contributed by atoms with Crippen molar-refractivity contribution in [1.82, 2.24) is 40.0 Å². The van der Waals surface area contributed by atoms with E-state index in [9.17, 15) is 23.2 Å². The van der Waals surface area contributed by atoms with Crippen LogP contribution in [0.25, 0.3) is 0 Å². The van der Waals surface area contributed by atoms with E-state index in [4.69, 9.17) is 4.74 Å². The lowest BCUT2D eigenvalue weighted by Gasteiger charge is -2.48. The highest BCUT2D eigenvalue weighted by atomic mass is 19.1. The van der Waals surface area contributed by atoms with Crippen molar-refractivity contribution in [2.24, 2.45) is 29.2 Å². The fourth-order valence-electron chi connectivity index (χ4n) is 15.7. The Labute approximate surface area is 537 Å². The summed E-state index contributed by atoms with van der Waals surface area (Å²) in [4.78, 5) is 47.3. The second-order valence-corrected chi connectivity index (χ2v) is 31.9. The minimum Gasteiger partial charge on any atom is -0.381 e. The SMILES string of the molecule is CC(=O)N(C)[C@H]1CCC2(CCN(CCC(C)(C)C)CC2)c2cc(F)ccc21.CC(C)(C)CCN1CCC2(CC[C@@H](NC(=O)C3CCOCC3)c3ccc(F)cc32)CC1.Cc1cc(C(=O)N[C@@H]2CCC3(CCN(CCC(C)(C)C)CC3)c3ccccc32)nn1C.[HH].[HH]. The number of hydrogen-bond acceptors (Lipinski definition) is 8. The highest BCUT2D eigenvalue weighted by Gasteiger charge is 2.46. The van der Waals surface area contributed by atoms with Crippen LogP contribution in [0.2, 0.25) is 0 Å². The second kappa shape index (κ2) is 28.5. The van der Waals surface area contributed by atoms with Crippen LogP contribution in [0.1, 0.15) is 249 Å². The Hall–Kier alpha value is -5.02. The number of hydrogen-bond donors (Lipinski definition) is 2. The predicted octanol–water partition coefficient (Wildman–Crippen LogP) is 15.1. The largest absolute Gasteiger partial charge is 0.381 e. The van der Waals surface area contributed by atoms with E-state index in [0.717, 1.165) is 144 Å². The van der Waals surface area contributed by atoms with E-state index in [-0.39, 0.29) is 72.5 Å². The Bertz CT molecular complexity index is 3030. The molecule has 3 atom stereocenters. The molecule has 0 bridgehead atoms. The summed E-state index contributed by atoms with van der Waals surface area (Å²) in [6.07, 6.45) is 18.1. The summed E-state index contributed by atoms with van der Waals surface area (Å²) in [5.41, 5.74) is 10.3. The number of halogens is 2. The van der Waals surface area contributed by atoms with E-state index in [1.54, 1.807) is 35.9 Å². The quantitative estimate of drug-likeness (QED) is 0.153. The van der Waals surface area contributed by atoms with E-state index in [2.05, 4.69) is 117 Å². The first-order chi connectivity index (χ1) is 42.0. The number of fused-ring (bicyclic) bond motifs is 6. The van der Waals surface area contributed by atoms with Gasteiger partial charge in [0.15, 0.2) is 0 Å². The maximum absolute atomic E-state index is 14.3.